The van der Waals surface area contributed by atoms with Crippen LogP contribution in [-0.2, 0) is 6.42 Å². The largest absolute Gasteiger partial charge is 0.361 e. The highest BCUT2D eigenvalue weighted by Gasteiger charge is 2.09. The van der Waals surface area contributed by atoms with Crippen LogP contribution in [-0.4, -0.2) is 32.6 Å². The number of guanidine groups is 1. The van der Waals surface area contributed by atoms with Gasteiger partial charge in [0.25, 0.3) is 0 Å². The lowest BCUT2D eigenvalue weighted by Gasteiger charge is -2.15. The number of aromatic nitrogens is 3. The lowest BCUT2D eigenvalue weighted by Crippen LogP contribution is -2.39. The van der Waals surface area contributed by atoms with Crippen molar-refractivity contribution >= 4 is 45.8 Å². The van der Waals surface area contributed by atoms with Crippen LogP contribution in [0.1, 0.15) is 22.5 Å². The molecule has 8 heteroatoms. The van der Waals surface area contributed by atoms with Gasteiger partial charge in [-0.05, 0) is 68.7 Å². The fraction of sp³-hybridized carbons (Fsp3) is 0.200. The van der Waals surface area contributed by atoms with Crippen molar-refractivity contribution in [2.45, 2.75) is 27.2 Å². The molecule has 0 aliphatic heterocycles. The topological polar surface area (TPSA) is 90.0 Å². The van der Waals surface area contributed by atoms with Gasteiger partial charge < -0.3 is 15.6 Å². The van der Waals surface area contributed by atoms with Crippen molar-refractivity contribution < 1.29 is 0 Å². The summed E-state index contributed by atoms with van der Waals surface area (Å²) in [5, 5.41) is 11.2. The molecule has 0 aliphatic carbocycles. The van der Waals surface area contributed by atoms with Crippen LogP contribution in [0.3, 0.4) is 0 Å². The number of aryl methyl sites for hydroxylation is 3. The van der Waals surface area contributed by atoms with Crippen LogP contribution >= 0.6 is 12.2 Å². The first-order valence-corrected chi connectivity index (χ1v) is 11.2. The minimum atomic E-state index is 0.437. The number of nitrogens with one attached hydrogen (secondary N) is 4. The van der Waals surface area contributed by atoms with E-state index in [9.17, 15) is 0 Å². The number of fused-ring (bicyclic) bond motifs is 1. The zero-order chi connectivity index (χ0) is 23.2. The number of para-hydroxylation sites is 2. The molecular weight excluding hydrogens is 430 g/mol. The molecule has 7 nitrogen and oxygen atoms in total. The van der Waals surface area contributed by atoms with E-state index in [-0.39, 0.29) is 0 Å². The summed E-state index contributed by atoms with van der Waals surface area (Å²) in [5.41, 5.74) is 6.14. The van der Waals surface area contributed by atoms with E-state index in [1.165, 1.54) is 10.9 Å². The molecule has 0 unspecified atom stereocenters. The third-order valence-corrected chi connectivity index (χ3v) is 5.37. The molecule has 0 radical (unpaired) electrons. The highest BCUT2D eigenvalue weighted by atomic mass is 32.1. The third kappa shape index (κ3) is 5.93. The zero-order valence-electron chi connectivity index (χ0n) is 18.9. The maximum absolute atomic E-state index is 5.54. The molecule has 0 spiro atoms. The van der Waals surface area contributed by atoms with Gasteiger partial charge in [-0.15, -0.1) is 0 Å². The second-order valence-corrected chi connectivity index (χ2v) is 8.24. The first-order valence-electron chi connectivity index (χ1n) is 10.8. The minimum absolute atomic E-state index is 0.437. The van der Waals surface area contributed by atoms with Crippen LogP contribution < -0.4 is 16.0 Å². The van der Waals surface area contributed by atoms with E-state index < -0.39 is 0 Å². The quantitative estimate of drug-likeness (QED) is 0.194. The molecule has 0 bridgehead atoms. The highest BCUT2D eigenvalue weighted by molar-refractivity contribution is 7.80. The van der Waals surface area contributed by atoms with Gasteiger partial charge in [-0.25, -0.2) is 9.97 Å². The van der Waals surface area contributed by atoms with Crippen molar-refractivity contribution in [2.24, 2.45) is 4.99 Å². The van der Waals surface area contributed by atoms with E-state index in [0.29, 0.717) is 23.6 Å². The summed E-state index contributed by atoms with van der Waals surface area (Å²) in [4.78, 5) is 17.0. The van der Waals surface area contributed by atoms with E-state index in [2.05, 4.69) is 43.0 Å². The molecule has 168 valence electrons. The highest BCUT2D eigenvalue weighted by Crippen LogP contribution is 2.18. The Bertz CT molecular complexity index is 1290. The van der Waals surface area contributed by atoms with Crippen molar-refractivity contribution in [2.75, 3.05) is 17.2 Å². The number of aliphatic imine (C=N–C) groups is 1. The molecule has 0 saturated heterocycles. The van der Waals surface area contributed by atoms with Crippen LogP contribution in [0.25, 0.3) is 10.9 Å². The Hall–Kier alpha value is -3.78. The van der Waals surface area contributed by atoms with Gasteiger partial charge in [0.15, 0.2) is 5.11 Å². The van der Waals surface area contributed by atoms with Crippen molar-refractivity contribution in [1.82, 2.24) is 20.3 Å². The molecule has 2 aromatic carbocycles. The molecule has 4 rings (SSSR count). The molecule has 0 fully saturated rings. The summed E-state index contributed by atoms with van der Waals surface area (Å²) in [5.74, 6) is 0.968. The van der Waals surface area contributed by atoms with Crippen LogP contribution in [0, 0.1) is 20.8 Å². The number of hydrogen-bond acceptors (Lipinski definition) is 4. The minimum Gasteiger partial charge on any atom is -0.361 e. The molecule has 4 N–H and O–H groups in total. The van der Waals surface area contributed by atoms with Crippen molar-refractivity contribution in [3.63, 3.8) is 0 Å². The number of nitrogens with zero attached hydrogens (tertiary/aromatic N) is 3. The fourth-order valence-corrected chi connectivity index (χ4v) is 3.81. The van der Waals surface area contributed by atoms with Crippen LogP contribution in [0.4, 0.5) is 11.6 Å². The fourth-order valence-electron chi connectivity index (χ4n) is 3.60. The summed E-state index contributed by atoms with van der Waals surface area (Å²) < 4.78 is 0. The molecule has 33 heavy (non-hydrogen) atoms. The molecule has 0 saturated carbocycles. The first kappa shape index (κ1) is 22.4. The summed E-state index contributed by atoms with van der Waals surface area (Å²) in [6, 6.07) is 18.2. The molecule has 0 aliphatic rings. The molecule has 2 aromatic heterocycles. The van der Waals surface area contributed by atoms with E-state index in [1.807, 2.05) is 69.4 Å². The van der Waals surface area contributed by atoms with E-state index >= 15 is 0 Å². The Labute approximate surface area is 198 Å². The van der Waals surface area contributed by atoms with Gasteiger partial charge in [-0.2, -0.15) is 0 Å². The Morgan fingerprint density at radius 2 is 1.70 bits per heavy atom. The zero-order valence-corrected chi connectivity index (χ0v) is 19.8. The number of anilines is 2. The number of rotatable bonds is 5. The lowest BCUT2D eigenvalue weighted by molar-refractivity contribution is 0.963. The lowest BCUT2D eigenvalue weighted by atomic mass is 10.1. The van der Waals surface area contributed by atoms with Gasteiger partial charge in [0, 0.05) is 40.7 Å². The predicted octanol–water partition coefficient (Wildman–Crippen LogP) is 4.88. The number of benzene rings is 2. The normalized spacial score (nSPS) is 11.4. The van der Waals surface area contributed by atoms with Crippen molar-refractivity contribution in [1.29, 1.82) is 0 Å². The van der Waals surface area contributed by atoms with Gasteiger partial charge in [0.2, 0.25) is 11.9 Å². The Morgan fingerprint density at radius 1 is 0.970 bits per heavy atom. The number of aromatic amines is 1. The van der Waals surface area contributed by atoms with Crippen molar-refractivity contribution in [3.05, 3.63) is 83.3 Å². The monoisotopic (exact) mass is 457 g/mol. The maximum atomic E-state index is 5.54. The van der Waals surface area contributed by atoms with Gasteiger partial charge in [0.05, 0.1) is 0 Å². The molecule has 2 heterocycles. The molecular formula is C25H27N7S. The second-order valence-electron chi connectivity index (χ2n) is 7.83. The molecule has 0 amide bonds. The van der Waals surface area contributed by atoms with Crippen LogP contribution in [0.2, 0.25) is 0 Å². The van der Waals surface area contributed by atoms with E-state index in [4.69, 9.17) is 17.2 Å². The Kier molecular flexibility index (Phi) is 6.95. The predicted molar refractivity (Wildman–Crippen MR) is 140 cm³/mol. The summed E-state index contributed by atoms with van der Waals surface area (Å²) in [6.07, 6.45) is 2.82. The number of H-pyrrole nitrogens is 1. The van der Waals surface area contributed by atoms with Crippen molar-refractivity contribution in [3.8, 4) is 0 Å². The second kappa shape index (κ2) is 10.2. The average molecular weight is 458 g/mol. The third-order valence-electron chi connectivity index (χ3n) is 5.16. The SMILES string of the molecule is Cc1cc(C)nc(NC(=NCCc2c[nH]c3ccccc23)NC(=S)Nc2ccccc2C)n1. The van der Waals surface area contributed by atoms with E-state index in [1.54, 1.807) is 0 Å². The number of thiocarbonyl (C=S) groups is 1. The average Bonchev–Trinajstić information content (AvgIpc) is 3.18. The smallest absolute Gasteiger partial charge is 0.229 e. The van der Waals surface area contributed by atoms with Gasteiger partial charge in [0.1, 0.15) is 0 Å². The molecule has 4 aromatic rings. The number of hydrogen-bond donors (Lipinski definition) is 4. The summed E-state index contributed by atoms with van der Waals surface area (Å²) >= 11 is 5.54. The molecule has 0 atom stereocenters. The summed E-state index contributed by atoms with van der Waals surface area (Å²) in [7, 11) is 0. The van der Waals surface area contributed by atoms with Gasteiger partial charge in [-0.1, -0.05) is 36.4 Å². The van der Waals surface area contributed by atoms with Crippen LogP contribution in [0.15, 0.2) is 65.8 Å². The Balaban J connectivity index is 1.50. The maximum Gasteiger partial charge on any atom is 0.229 e. The van der Waals surface area contributed by atoms with Crippen LogP contribution in [0.5, 0.6) is 0 Å². The standard InChI is InChI=1S/C25H27N7S/c1-16-8-4-6-10-21(16)30-25(33)32-23(31-24-28-17(2)14-18(3)29-24)26-13-12-19-15-27-22-11-7-5-9-20(19)22/h4-11,14-15,27H,12-13H2,1-3H3,(H3,26,28,29,30,31,32,33). The first-order chi connectivity index (χ1) is 16.0. The Morgan fingerprint density at radius 3 is 2.48 bits per heavy atom. The van der Waals surface area contributed by atoms with Gasteiger partial charge in [-0.3, -0.25) is 10.3 Å². The van der Waals surface area contributed by atoms with E-state index in [0.717, 1.165) is 34.6 Å². The summed E-state index contributed by atoms with van der Waals surface area (Å²) in [6.45, 7) is 6.47. The van der Waals surface area contributed by atoms with Gasteiger partial charge >= 0.3 is 0 Å².